The van der Waals surface area contributed by atoms with E-state index in [4.69, 9.17) is 0 Å². The van der Waals surface area contributed by atoms with Crippen LogP contribution in [0.1, 0.15) is 21.5 Å². The molecule has 25 heavy (non-hydrogen) atoms. The van der Waals surface area contributed by atoms with E-state index in [1.165, 1.54) is 41.1 Å². The Bertz CT molecular complexity index is 979. The molecule has 0 saturated heterocycles. The highest BCUT2D eigenvalue weighted by Crippen LogP contribution is 2.12. The van der Waals surface area contributed by atoms with Gasteiger partial charge in [-0.25, -0.2) is 4.39 Å². The van der Waals surface area contributed by atoms with E-state index in [1.807, 2.05) is 31.2 Å². The third-order valence-electron chi connectivity index (χ3n) is 3.93. The number of halogens is 1. The van der Waals surface area contributed by atoms with Crippen molar-refractivity contribution >= 4 is 11.6 Å². The van der Waals surface area contributed by atoms with E-state index in [2.05, 4.69) is 5.32 Å². The maximum Gasteiger partial charge on any atom is 0.257 e. The lowest BCUT2D eigenvalue weighted by Crippen LogP contribution is -2.22. The van der Waals surface area contributed by atoms with Gasteiger partial charge in [-0.3, -0.25) is 9.59 Å². The quantitative estimate of drug-likeness (QED) is 0.791. The van der Waals surface area contributed by atoms with Crippen LogP contribution in [0.4, 0.5) is 10.1 Å². The Morgan fingerprint density at radius 2 is 1.88 bits per heavy atom. The van der Waals surface area contributed by atoms with Crippen molar-refractivity contribution in [2.24, 2.45) is 0 Å². The van der Waals surface area contributed by atoms with Gasteiger partial charge in [0.15, 0.2) is 0 Å². The van der Waals surface area contributed by atoms with Crippen molar-refractivity contribution in [1.29, 1.82) is 0 Å². The zero-order valence-corrected chi connectivity index (χ0v) is 13.7. The summed E-state index contributed by atoms with van der Waals surface area (Å²) in [5.74, 6) is -0.827. The number of nitrogens with zero attached hydrogens (tertiary/aromatic N) is 1. The Kier molecular flexibility index (Phi) is 4.75. The van der Waals surface area contributed by atoms with E-state index >= 15 is 0 Å². The van der Waals surface area contributed by atoms with Crippen LogP contribution >= 0.6 is 0 Å². The van der Waals surface area contributed by atoms with Crippen LogP contribution in [-0.2, 0) is 6.54 Å². The van der Waals surface area contributed by atoms with Gasteiger partial charge in [-0.15, -0.1) is 0 Å². The fourth-order valence-electron chi connectivity index (χ4n) is 2.53. The summed E-state index contributed by atoms with van der Waals surface area (Å²) in [6.45, 7) is 2.35. The van der Waals surface area contributed by atoms with Crippen LogP contribution in [-0.4, -0.2) is 10.5 Å². The molecule has 0 unspecified atom stereocenters. The molecule has 1 heterocycles. The summed E-state index contributed by atoms with van der Waals surface area (Å²) in [4.78, 5) is 24.5. The summed E-state index contributed by atoms with van der Waals surface area (Å²) >= 11 is 0. The monoisotopic (exact) mass is 336 g/mol. The van der Waals surface area contributed by atoms with Gasteiger partial charge in [0.05, 0.1) is 12.1 Å². The molecule has 0 atom stereocenters. The fraction of sp³-hybridized carbons (Fsp3) is 0.100. The second-order valence-corrected chi connectivity index (χ2v) is 5.77. The number of amides is 1. The molecular weight excluding hydrogens is 319 g/mol. The average molecular weight is 336 g/mol. The zero-order valence-electron chi connectivity index (χ0n) is 13.7. The zero-order chi connectivity index (χ0) is 17.8. The molecule has 1 aromatic heterocycles. The first-order chi connectivity index (χ1) is 12.0. The molecule has 126 valence electrons. The predicted molar refractivity (Wildman–Crippen MR) is 95.3 cm³/mol. The number of pyridine rings is 1. The van der Waals surface area contributed by atoms with Crippen molar-refractivity contribution in [3.05, 3.63) is 99.7 Å². The molecule has 2 aromatic carbocycles. The van der Waals surface area contributed by atoms with E-state index in [0.29, 0.717) is 17.8 Å². The summed E-state index contributed by atoms with van der Waals surface area (Å²) in [6.07, 6.45) is 1.52. The Balaban J connectivity index is 1.85. The lowest BCUT2D eigenvalue weighted by atomic mass is 10.1. The number of hydrogen-bond acceptors (Lipinski definition) is 2. The highest BCUT2D eigenvalue weighted by molar-refractivity contribution is 6.04. The van der Waals surface area contributed by atoms with Gasteiger partial charge in [0.1, 0.15) is 5.82 Å². The minimum Gasteiger partial charge on any atom is -0.322 e. The van der Waals surface area contributed by atoms with Crippen molar-refractivity contribution in [2.45, 2.75) is 13.5 Å². The van der Waals surface area contributed by atoms with E-state index in [1.54, 1.807) is 6.07 Å². The molecule has 1 amide bonds. The van der Waals surface area contributed by atoms with Gasteiger partial charge in [-0.05, 0) is 42.3 Å². The maximum absolute atomic E-state index is 13.2. The van der Waals surface area contributed by atoms with E-state index in [0.717, 1.165) is 11.1 Å². The minimum absolute atomic E-state index is 0.189. The first-order valence-electron chi connectivity index (χ1n) is 7.85. The summed E-state index contributed by atoms with van der Waals surface area (Å²) in [6, 6.07) is 16.2. The SMILES string of the molecule is Cc1ccccc1Cn1cc(C(=O)Nc2cccc(F)c2)ccc1=O. The van der Waals surface area contributed by atoms with Crippen molar-refractivity contribution in [2.75, 3.05) is 5.32 Å². The Morgan fingerprint density at radius 1 is 1.08 bits per heavy atom. The lowest BCUT2D eigenvalue weighted by molar-refractivity contribution is 0.102. The van der Waals surface area contributed by atoms with Gasteiger partial charge in [-0.1, -0.05) is 30.3 Å². The first kappa shape index (κ1) is 16.6. The number of carbonyl (C=O) groups is 1. The van der Waals surface area contributed by atoms with Gasteiger partial charge in [0.25, 0.3) is 11.5 Å². The number of rotatable bonds is 4. The number of anilines is 1. The van der Waals surface area contributed by atoms with Crippen molar-refractivity contribution in [1.82, 2.24) is 4.57 Å². The summed E-state index contributed by atoms with van der Waals surface area (Å²) < 4.78 is 14.7. The Morgan fingerprint density at radius 3 is 2.64 bits per heavy atom. The average Bonchev–Trinajstić information content (AvgIpc) is 2.58. The second kappa shape index (κ2) is 7.13. The predicted octanol–water partition coefficient (Wildman–Crippen LogP) is 3.60. The van der Waals surface area contributed by atoms with Crippen molar-refractivity contribution < 1.29 is 9.18 Å². The molecule has 1 N–H and O–H groups in total. The summed E-state index contributed by atoms with van der Waals surface area (Å²) in [5.41, 5.74) is 2.58. The van der Waals surface area contributed by atoms with Crippen LogP contribution in [0.25, 0.3) is 0 Å². The number of aromatic nitrogens is 1. The largest absolute Gasteiger partial charge is 0.322 e. The third kappa shape index (κ3) is 4.01. The minimum atomic E-state index is -0.428. The normalized spacial score (nSPS) is 10.5. The van der Waals surface area contributed by atoms with E-state index in [-0.39, 0.29) is 5.56 Å². The molecule has 3 aromatic rings. The molecule has 5 heteroatoms. The lowest BCUT2D eigenvalue weighted by Gasteiger charge is -2.11. The Labute approximate surface area is 144 Å². The standard InChI is InChI=1S/C20H17FN2O2/c1-14-5-2-3-6-15(14)12-23-13-16(9-10-19(23)24)20(25)22-18-8-4-7-17(21)11-18/h2-11,13H,12H2,1H3,(H,22,25). The van der Waals surface area contributed by atoms with Crippen molar-refractivity contribution in [3.63, 3.8) is 0 Å². The molecule has 0 aliphatic carbocycles. The second-order valence-electron chi connectivity index (χ2n) is 5.77. The molecular formula is C20H17FN2O2. The Hall–Kier alpha value is -3.21. The highest BCUT2D eigenvalue weighted by Gasteiger charge is 2.09. The smallest absolute Gasteiger partial charge is 0.257 e. The maximum atomic E-state index is 13.2. The first-order valence-corrected chi connectivity index (χ1v) is 7.85. The summed E-state index contributed by atoms with van der Waals surface area (Å²) in [5, 5.41) is 2.63. The molecule has 3 rings (SSSR count). The fourth-order valence-corrected chi connectivity index (χ4v) is 2.53. The molecule has 0 spiro atoms. The number of hydrogen-bond donors (Lipinski definition) is 1. The van der Waals surface area contributed by atoms with Crippen LogP contribution in [0.2, 0.25) is 0 Å². The number of carbonyl (C=O) groups excluding carboxylic acids is 1. The topological polar surface area (TPSA) is 51.1 Å². The number of nitrogens with one attached hydrogen (secondary N) is 1. The third-order valence-corrected chi connectivity index (χ3v) is 3.93. The number of benzene rings is 2. The highest BCUT2D eigenvalue weighted by atomic mass is 19.1. The van der Waals surface area contributed by atoms with Crippen LogP contribution in [0.5, 0.6) is 0 Å². The number of aryl methyl sites for hydroxylation is 1. The molecule has 0 fully saturated rings. The molecule has 0 bridgehead atoms. The molecule has 4 nitrogen and oxygen atoms in total. The van der Waals surface area contributed by atoms with Gasteiger partial charge in [0.2, 0.25) is 0 Å². The van der Waals surface area contributed by atoms with E-state index < -0.39 is 11.7 Å². The van der Waals surface area contributed by atoms with Crippen LogP contribution < -0.4 is 10.9 Å². The van der Waals surface area contributed by atoms with Gasteiger partial charge >= 0.3 is 0 Å². The molecule has 0 aliphatic heterocycles. The molecule has 0 aliphatic rings. The van der Waals surface area contributed by atoms with Crippen LogP contribution in [0, 0.1) is 12.7 Å². The van der Waals surface area contributed by atoms with E-state index in [9.17, 15) is 14.0 Å². The van der Waals surface area contributed by atoms with Gasteiger partial charge in [0, 0.05) is 18.0 Å². The summed E-state index contributed by atoms with van der Waals surface area (Å²) in [7, 11) is 0. The van der Waals surface area contributed by atoms with Crippen LogP contribution in [0.15, 0.2) is 71.7 Å². The van der Waals surface area contributed by atoms with Gasteiger partial charge in [-0.2, -0.15) is 0 Å². The van der Waals surface area contributed by atoms with Gasteiger partial charge < -0.3 is 9.88 Å². The molecule has 0 radical (unpaired) electrons. The molecule has 0 saturated carbocycles. The van der Waals surface area contributed by atoms with Crippen LogP contribution in [0.3, 0.4) is 0 Å². The van der Waals surface area contributed by atoms with Crippen molar-refractivity contribution in [3.8, 4) is 0 Å².